The zero-order chi connectivity index (χ0) is 20.9. The van der Waals surface area contributed by atoms with Crippen molar-refractivity contribution in [3.05, 3.63) is 54.4 Å². The third kappa shape index (κ3) is 5.59. The summed E-state index contributed by atoms with van der Waals surface area (Å²) in [5.41, 5.74) is 1.24. The van der Waals surface area contributed by atoms with Gasteiger partial charge in [-0.3, -0.25) is 4.79 Å². The number of hydrogen-bond donors (Lipinski definition) is 2. The molecule has 2 aromatic heterocycles. The number of fused-ring (bicyclic) bond motifs is 1. The molecule has 2 heterocycles. The second-order valence-electron chi connectivity index (χ2n) is 6.18. The van der Waals surface area contributed by atoms with Crippen molar-refractivity contribution in [1.29, 1.82) is 0 Å². The maximum absolute atomic E-state index is 12.4. The number of aromatic nitrogens is 3. The summed E-state index contributed by atoms with van der Waals surface area (Å²) in [6.45, 7) is 2.91. The van der Waals surface area contributed by atoms with Gasteiger partial charge in [0.1, 0.15) is 23.6 Å². The van der Waals surface area contributed by atoms with Crippen molar-refractivity contribution >= 4 is 22.8 Å². The Labute approximate surface area is 165 Å². The zero-order valence-corrected chi connectivity index (χ0v) is 15.7. The van der Waals surface area contributed by atoms with Crippen molar-refractivity contribution < 1.29 is 22.7 Å². The quantitative estimate of drug-likeness (QED) is 0.733. The number of halogens is 3. The van der Waals surface area contributed by atoms with Gasteiger partial charge in [-0.05, 0) is 37.6 Å². The smallest absolute Gasteiger partial charge is 0.406 e. The van der Waals surface area contributed by atoms with Gasteiger partial charge in [-0.15, -0.1) is 13.2 Å². The number of alkyl halides is 3. The van der Waals surface area contributed by atoms with Crippen molar-refractivity contribution in [3.8, 4) is 0 Å². The van der Waals surface area contributed by atoms with Crippen LogP contribution in [0.25, 0.3) is 11.0 Å². The number of nitrogens with one attached hydrogen (secondary N) is 2. The average Bonchev–Trinajstić information content (AvgIpc) is 2.95. The first-order chi connectivity index (χ1) is 13.9. The topological polar surface area (TPSA) is 81.1 Å². The Hall–Kier alpha value is -3.30. The van der Waals surface area contributed by atoms with E-state index in [9.17, 15) is 18.0 Å². The molecule has 7 nitrogen and oxygen atoms in total. The van der Waals surface area contributed by atoms with E-state index in [1.807, 2.05) is 23.8 Å². The van der Waals surface area contributed by atoms with Crippen molar-refractivity contribution in [3.63, 3.8) is 0 Å². The SMILES string of the molecule is CCNC(=O)CCn1ccc2c(NC3=CCC=C(OC(F)(F)F)C=C3)ncnc21. The Bertz CT molecular complexity index is 976. The molecule has 3 rings (SSSR count). The fourth-order valence-electron chi connectivity index (χ4n) is 2.84. The van der Waals surface area contributed by atoms with Crippen LogP contribution in [0.2, 0.25) is 0 Å². The van der Waals surface area contributed by atoms with E-state index < -0.39 is 6.36 Å². The number of nitrogens with zero attached hydrogens (tertiary/aromatic N) is 3. The van der Waals surface area contributed by atoms with E-state index in [1.165, 1.54) is 24.6 Å². The largest absolute Gasteiger partial charge is 0.573 e. The highest BCUT2D eigenvalue weighted by Gasteiger charge is 2.31. The van der Waals surface area contributed by atoms with Gasteiger partial charge < -0.3 is 19.9 Å². The number of allylic oxidation sites excluding steroid dienone is 4. The predicted octanol–water partition coefficient (Wildman–Crippen LogP) is 3.63. The number of hydrogen-bond acceptors (Lipinski definition) is 5. The number of anilines is 1. The van der Waals surface area contributed by atoms with Crippen LogP contribution in [-0.4, -0.2) is 33.3 Å². The number of carbonyl (C=O) groups is 1. The maximum Gasteiger partial charge on any atom is 0.573 e. The van der Waals surface area contributed by atoms with Crippen molar-refractivity contribution in [1.82, 2.24) is 19.9 Å². The van der Waals surface area contributed by atoms with Crippen LogP contribution in [0.4, 0.5) is 19.0 Å². The summed E-state index contributed by atoms with van der Waals surface area (Å²) >= 11 is 0. The van der Waals surface area contributed by atoms with Gasteiger partial charge in [0, 0.05) is 31.4 Å². The van der Waals surface area contributed by atoms with Crippen LogP contribution in [0.15, 0.2) is 54.4 Å². The van der Waals surface area contributed by atoms with Gasteiger partial charge in [-0.25, -0.2) is 9.97 Å². The molecule has 0 saturated heterocycles. The second-order valence-corrected chi connectivity index (χ2v) is 6.18. The number of ether oxygens (including phenoxy) is 1. The van der Waals surface area contributed by atoms with E-state index in [4.69, 9.17) is 0 Å². The van der Waals surface area contributed by atoms with Gasteiger partial charge in [0.2, 0.25) is 5.91 Å². The summed E-state index contributed by atoms with van der Waals surface area (Å²) in [7, 11) is 0. The van der Waals surface area contributed by atoms with Crippen LogP contribution in [0, 0.1) is 0 Å². The summed E-state index contributed by atoms with van der Waals surface area (Å²) in [5.74, 6) is 0.206. The first-order valence-electron chi connectivity index (χ1n) is 9.03. The predicted molar refractivity (Wildman–Crippen MR) is 102 cm³/mol. The summed E-state index contributed by atoms with van der Waals surface area (Å²) in [5, 5.41) is 6.59. The molecule has 0 saturated carbocycles. The Morgan fingerprint density at radius 3 is 2.86 bits per heavy atom. The maximum atomic E-state index is 12.4. The van der Waals surface area contributed by atoms with E-state index in [2.05, 4.69) is 25.3 Å². The standard InChI is InChI=1S/C19H20F3N5O2/c1-2-23-16(28)9-11-27-10-8-15-17(24-12-25-18(15)27)26-13-4-3-5-14(7-6-13)29-19(20,21)22/h4-8,10,12H,2-3,9,11H2,1H3,(H,23,28)(H,24,25,26). The Morgan fingerprint density at radius 2 is 2.10 bits per heavy atom. The number of aryl methyl sites for hydroxylation is 1. The molecular formula is C19H20F3N5O2. The molecule has 154 valence electrons. The lowest BCUT2D eigenvalue weighted by atomic mass is 10.3. The number of rotatable bonds is 7. The third-order valence-corrected chi connectivity index (χ3v) is 4.09. The van der Waals surface area contributed by atoms with E-state index in [0.29, 0.717) is 36.7 Å². The van der Waals surface area contributed by atoms with Crippen LogP contribution in [0.1, 0.15) is 19.8 Å². The molecule has 0 bridgehead atoms. The van der Waals surface area contributed by atoms with Crippen LogP contribution in [-0.2, 0) is 16.1 Å². The average molecular weight is 407 g/mol. The van der Waals surface area contributed by atoms with Crippen LogP contribution < -0.4 is 10.6 Å². The monoisotopic (exact) mass is 407 g/mol. The molecule has 0 radical (unpaired) electrons. The van der Waals surface area contributed by atoms with Gasteiger partial charge in [0.25, 0.3) is 0 Å². The molecule has 1 amide bonds. The summed E-state index contributed by atoms with van der Waals surface area (Å²) in [4.78, 5) is 20.2. The molecule has 2 N–H and O–H groups in total. The molecule has 0 spiro atoms. The van der Waals surface area contributed by atoms with E-state index in [-0.39, 0.29) is 18.1 Å². The van der Waals surface area contributed by atoms with Gasteiger partial charge in [0.05, 0.1) is 5.39 Å². The first kappa shape index (κ1) is 20.4. The minimum absolute atomic E-state index is 0.0418. The van der Waals surface area contributed by atoms with E-state index in [0.717, 1.165) is 5.39 Å². The summed E-state index contributed by atoms with van der Waals surface area (Å²) < 4.78 is 42.9. The molecule has 0 aliphatic heterocycles. The van der Waals surface area contributed by atoms with Gasteiger partial charge in [-0.1, -0.05) is 6.08 Å². The first-order valence-corrected chi connectivity index (χ1v) is 9.03. The number of carbonyl (C=O) groups excluding carboxylic acids is 1. The normalized spacial score (nSPS) is 14.2. The summed E-state index contributed by atoms with van der Waals surface area (Å²) in [6.07, 6.45) is 4.87. The van der Waals surface area contributed by atoms with Crippen molar-refractivity contribution in [2.75, 3.05) is 11.9 Å². The molecule has 1 aliphatic carbocycles. The van der Waals surface area contributed by atoms with Crippen molar-refractivity contribution in [2.24, 2.45) is 0 Å². The molecule has 0 unspecified atom stereocenters. The second kappa shape index (κ2) is 8.80. The zero-order valence-electron chi connectivity index (χ0n) is 15.7. The van der Waals surface area contributed by atoms with Crippen LogP contribution in [0.5, 0.6) is 0 Å². The number of amides is 1. The lowest BCUT2D eigenvalue weighted by Crippen LogP contribution is -2.23. The Kier molecular flexibility index (Phi) is 6.20. The molecule has 10 heteroatoms. The fourth-order valence-corrected chi connectivity index (χ4v) is 2.84. The van der Waals surface area contributed by atoms with Gasteiger partial charge in [-0.2, -0.15) is 0 Å². The molecule has 0 aromatic carbocycles. The molecule has 29 heavy (non-hydrogen) atoms. The highest BCUT2D eigenvalue weighted by atomic mass is 19.4. The molecular weight excluding hydrogens is 387 g/mol. The molecule has 0 fully saturated rings. The van der Waals surface area contributed by atoms with Crippen LogP contribution in [0.3, 0.4) is 0 Å². The van der Waals surface area contributed by atoms with Gasteiger partial charge >= 0.3 is 6.36 Å². The molecule has 1 aliphatic rings. The molecule has 2 aromatic rings. The van der Waals surface area contributed by atoms with Gasteiger partial charge in [0.15, 0.2) is 0 Å². The Balaban J connectivity index is 1.72. The minimum atomic E-state index is -4.73. The van der Waals surface area contributed by atoms with Crippen molar-refractivity contribution in [2.45, 2.75) is 32.7 Å². The molecule has 0 atom stereocenters. The minimum Gasteiger partial charge on any atom is -0.406 e. The highest BCUT2D eigenvalue weighted by molar-refractivity contribution is 5.88. The van der Waals surface area contributed by atoms with E-state index >= 15 is 0 Å². The highest BCUT2D eigenvalue weighted by Crippen LogP contribution is 2.25. The summed E-state index contributed by atoms with van der Waals surface area (Å²) in [6, 6.07) is 1.83. The fraction of sp³-hybridized carbons (Fsp3) is 0.316. The van der Waals surface area contributed by atoms with Crippen LogP contribution >= 0.6 is 0 Å². The Morgan fingerprint density at radius 1 is 1.28 bits per heavy atom. The van der Waals surface area contributed by atoms with E-state index in [1.54, 1.807) is 6.08 Å². The lowest BCUT2D eigenvalue weighted by molar-refractivity contribution is -0.303. The third-order valence-electron chi connectivity index (χ3n) is 4.09. The lowest BCUT2D eigenvalue weighted by Gasteiger charge is -2.09.